The quantitative estimate of drug-likeness (QED) is 0.547. The van der Waals surface area contributed by atoms with Gasteiger partial charge in [0.15, 0.2) is 0 Å². The molecule has 0 saturated carbocycles. The summed E-state index contributed by atoms with van der Waals surface area (Å²) in [6.45, 7) is 6.64. The molecule has 6 heteroatoms. The highest BCUT2D eigenvalue weighted by atomic mass is 35.5. The number of aryl methyl sites for hydroxylation is 1. The lowest BCUT2D eigenvalue weighted by Crippen LogP contribution is -2.33. The first-order valence-electron chi connectivity index (χ1n) is 9.92. The number of hydrogen-bond acceptors (Lipinski definition) is 4. The smallest absolute Gasteiger partial charge is 0.123 e. The minimum absolute atomic E-state index is 0. The van der Waals surface area contributed by atoms with Gasteiger partial charge in [0.2, 0.25) is 0 Å². The maximum atomic E-state index is 13.1. The third kappa shape index (κ3) is 4.80. The Bertz CT molecular complexity index is 964. The highest BCUT2D eigenvalue weighted by molar-refractivity contribution is 5.94. The number of pyridine rings is 1. The predicted molar refractivity (Wildman–Crippen MR) is 120 cm³/mol. The summed E-state index contributed by atoms with van der Waals surface area (Å²) in [6, 6.07) is 15.2. The monoisotopic (exact) mass is 415 g/mol. The lowest BCUT2D eigenvalue weighted by Gasteiger charge is -2.28. The largest absolute Gasteiger partial charge is 0.380 e. The standard InChI is InChI=1S/C23H26FN3O.ClH/c1-3-28-15-20-5-4-12-27(20)23-13-16(2)25-22-14-19(10-11-21(22)23)26-18-8-6-17(24)7-9-18;/h6-11,13-14,20,26H,3-5,12,15H2,1-2H3;1H/t20-;/m0./s1. The molecule has 0 radical (unpaired) electrons. The van der Waals surface area contributed by atoms with Crippen LogP contribution >= 0.6 is 12.4 Å². The number of fused-ring (bicyclic) bond motifs is 1. The molecular formula is C23H27ClFN3O. The Morgan fingerprint density at radius 3 is 2.66 bits per heavy atom. The van der Waals surface area contributed by atoms with Crippen LogP contribution in [0.4, 0.5) is 21.5 Å². The second-order valence-corrected chi connectivity index (χ2v) is 7.30. The summed E-state index contributed by atoms with van der Waals surface area (Å²) in [5, 5.41) is 4.48. The number of anilines is 3. The predicted octanol–water partition coefficient (Wildman–Crippen LogP) is 5.85. The summed E-state index contributed by atoms with van der Waals surface area (Å²) in [5.74, 6) is -0.238. The van der Waals surface area contributed by atoms with E-state index >= 15 is 0 Å². The summed E-state index contributed by atoms with van der Waals surface area (Å²) in [5.41, 5.74) is 4.99. The Balaban J connectivity index is 0.00000240. The van der Waals surface area contributed by atoms with Crippen molar-refractivity contribution in [2.75, 3.05) is 30.0 Å². The number of nitrogens with one attached hydrogen (secondary N) is 1. The van der Waals surface area contributed by atoms with E-state index in [-0.39, 0.29) is 18.2 Å². The average Bonchev–Trinajstić information content (AvgIpc) is 3.15. The molecule has 2 aromatic carbocycles. The minimum Gasteiger partial charge on any atom is -0.380 e. The second-order valence-electron chi connectivity index (χ2n) is 7.30. The summed E-state index contributed by atoms with van der Waals surface area (Å²) >= 11 is 0. The van der Waals surface area contributed by atoms with Crippen molar-refractivity contribution in [3.63, 3.8) is 0 Å². The zero-order valence-corrected chi connectivity index (χ0v) is 17.6. The number of halogens is 2. The fourth-order valence-corrected chi connectivity index (χ4v) is 3.93. The zero-order chi connectivity index (χ0) is 19.5. The van der Waals surface area contributed by atoms with Crippen LogP contribution in [-0.2, 0) is 4.74 Å². The van der Waals surface area contributed by atoms with Crippen LogP contribution < -0.4 is 10.2 Å². The first-order chi connectivity index (χ1) is 13.6. The van der Waals surface area contributed by atoms with Crippen LogP contribution in [-0.4, -0.2) is 30.8 Å². The molecule has 1 aliphatic heterocycles. The minimum atomic E-state index is -0.238. The van der Waals surface area contributed by atoms with Crippen LogP contribution in [0, 0.1) is 12.7 Å². The molecule has 4 nitrogen and oxygen atoms in total. The van der Waals surface area contributed by atoms with Gasteiger partial charge in [-0.1, -0.05) is 0 Å². The molecule has 1 fully saturated rings. The molecule has 1 aliphatic rings. The lowest BCUT2D eigenvalue weighted by molar-refractivity contribution is 0.134. The molecule has 3 aromatic rings. The van der Waals surface area contributed by atoms with Crippen molar-refractivity contribution in [3.8, 4) is 0 Å². The average molecular weight is 416 g/mol. The van der Waals surface area contributed by atoms with Gasteiger partial charge in [-0.05, 0) is 75.2 Å². The molecule has 0 aliphatic carbocycles. The SMILES string of the molecule is CCOC[C@@H]1CCCN1c1cc(C)nc2cc(Nc3ccc(F)cc3)ccc12.Cl. The molecule has 1 atom stereocenters. The molecule has 1 aromatic heterocycles. The highest BCUT2D eigenvalue weighted by Gasteiger charge is 2.26. The van der Waals surface area contributed by atoms with E-state index in [0.29, 0.717) is 6.04 Å². The molecule has 154 valence electrons. The molecule has 29 heavy (non-hydrogen) atoms. The first kappa shape index (κ1) is 21.3. The van der Waals surface area contributed by atoms with Crippen LogP contribution in [0.1, 0.15) is 25.5 Å². The molecular weight excluding hydrogens is 389 g/mol. The van der Waals surface area contributed by atoms with Crippen LogP contribution in [0.2, 0.25) is 0 Å². The van der Waals surface area contributed by atoms with E-state index in [2.05, 4.69) is 34.5 Å². The Kier molecular flexibility index (Phi) is 6.93. The van der Waals surface area contributed by atoms with Crippen LogP contribution in [0.15, 0.2) is 48.5 Å². The van der Waals surface area contributed by atoms with E-state index in [9.17, 15) is 4.39 Å². The van der Waals surface area contributed by atoms with Gasteiger partial charge in [-0.2, -0.15) is 0 Å². The van der Waals surface area contributed by atoms with Gasteiger partial charge >= 0.3 is 0 Å². The van der Waals surface area contributed by atoms with E-state index in [4.69, 9.17) is 9.72 Å². The van der Waals surface area contributed by atoms with Crippen molar-refractivity contribution in [1.29, 1.82) is 0 Å². The van der Waals surface area contributed by atoms with Gasteiger partial charge in [-0.3, -0.25) is 4.98 Å². The number of rotatable bonds is 6. The number of hydrogen-bond donors (Lipinski definition) is 1. The van der Waals surface area contributed by atoms with Gasteiger partial charge in [-0.25, -0.2) is 4.39 Å². The summed E-state index contributed by atoms with van der Waals surface area (Å²) < 4.78 is 18.8. The van der Waals surface area contributed by atoms with Gasteiger partial charge in [0, 0.05) is 41.3 Å². The van der Waals surface area contributed by atoms with Gasteiger partial charge in [0.25, 0.3) is 0 Å². The molecule has 0 spiro atoms. The topological polar surface area (TPSA) is 37.4 Å². The van der Waals surface area contributed by atoms with Crippen LogP contribution in [0.25, 0.3) is 10.9 Å². The summed E-state index contributed by atoms with van der Waals surface area (Å²) in [4.78, 5) is 7.23. The molecule has 1 N–H and O–H groups in total. The van der Waals surface area contributed by atoms with Gasteiger partial charge in [0.05, 0.1) is 18.2 Å². The normalized spacial score (nSPS) is 16.1. The second kappa shape index (κ2) is 9.42. The Labute approximate surface area is 177 Å². The molecule has 1 saturated heterocycles. The van der Waals surface area contributed by atoms with Gasteiger partial charge in [-0.15, -0.1) is 12.4 Å². The lowest BCUT2D eigenvalue weighted by atomic mass is 10.1. The maximum Gasteiger partial charge on any atom is 0.123 e. The third-order valence-electron chi connectivity index (χ3n) is 5.25. The number of ether oxygens (including phenoxy) is 1. The summed E-state index contributed by atoms with van der Waals surface area (Å²) in [6.07, 6.45) is 2.35. The number of aromatic nitrogens is 1. The Morgan fingerprint density at radius 2 is 1.90 bits per heavy atom. The number of benzene rings is 2. The van der Waals surface area contributed by atoms with Gasteiger partial charge in [0.1, 0.15) is 5.82 Å². The van der Waals surface area contributed by atoms with Gasteiger partial charge < -0.3 is 15.0 Å². The Hall–Kier alpha value is -2.37. The molecule has 4 rings (SSSR count). The fourth-order valence-electron chi connectivity index (χ4n) is 3.93. The Morgan fingerprint density at radius 1 is 1.14 bits per heavy atom. The van der Waals surface area contributed by atoms with Crippen LogP contribution in [0.5, 0.6) is 0 Å². The fraction of sp³-hybridized carbons (Fsp3) is 0.348. The van der Waals surface area contributed by atoms with E-state index in [1.54, 1.807) is 12.1 Å². The third-order valence-corrected chi connectivity index (χ3v) is 5.25. The van der Waals surface area contributed by atoms with Crippen molar-refractivity contribution in [2.24, 2.45) is 0 Å². The number of nitrogens with zero attached hydrogens (tertiary/aromatic N) is 2. The van der Waals surface area contributed by atoms with E-state index in [1.807, 2.05) is 13.8 Å². The van der Waals surface area contributed by atoms with Crippen molar-refractivity contribution in [1.82, 2.24) is 4.98 Å². The zero-order valence-electron chi connectivity index (χ0n) is 16.8. The molecule has 0 amide bonds. The van der Waals surface area contributed by atoms with E-state index in [1.165, 1.54) is 24.2 Å². The van der Waals surface area contributed by atoms with Crippen molar-refractivity contribution < 1.29 is 9.13 Å². The van der Waals surface area contributed by atoms with Crippen molar-refractivity contribution >= 4 is 40.4 Å². The maximum absolute atomic E-state index is 13.1. The van der Waals surface area contributed by atoms with Crippen molar-refractivity contribution in [3.05, 3.63) is 60.0 Å². The van der Waals surface area contributed by atoms with E-state index < -0.39 is 0 Å². The highest BCUT2D eigenvalue weighted by Crippen LogP contribution is 2.34. The van der Waals surface area contributed by atoms with Crippen molar-refractivity contribution in [2.45, 2.75) is 32.7 Å². The summed E-state index contributed by atoms with van der Waals surface area (Å²) in [7, 11) is 0. The molecule has 2 heterocycles. The molecule has 0 unspecified atom stereocenters. The van der Waals surface area contributed by atoms with E-state index in [0.717, 1.165) is 54.2 Å². The van der Waals surface area contributed by atoms with Crippen LogP contribution in [0.3, 0.4) is 0 Å². The first-order valence-corrected chi connectivity index (χ1v) is 9.92. The molecule has 0 bridgehead atoms.